The van der Waals surface area contributed by atoms with Gasteiger partial charge in [-0.2, -0.15) is 0 Å². The summed E-state index contributed by atoms with van der Waals surface area (Å²) in [7, 11) is 1.44. The minimum atomic E-state index is -0.274. The van der Waals surface area contributed by atoms with Crippen LogP contribution in [-0.2, 0) is 4.84 Å². The Kier molecular flexibility index (Phi) is 3.01. The molecule has 0 radical (unpaired) electrons. The molecule has 0 heterocycles. The van der Waals surface area contributed by atoms with Crippen molar-refractivity contribution in [1.29, 1.82) is 0 Å². The predicted octanol–water partition coefficient (Wildman–Crippen LogP) is 2.50. The number of hydrogen-bond acceptors (Lipinski definition) is 2. The molecule has 1 rings (SSSR count). The lowest BCUT2D eigenvalue weighted by molar-refractivity contribution is 0.213. The minimum Gasteiger partial charge on any atom is -0.399 e. The molecule has 3 heteroatoms. The molecule has 0 bridgehead atoms. The fraction of sp³-hybridized carbons (Fsp3) is 0.300. The smallest absolute Gasteiger partial charge is 0.132 e. The normalized spacial score (nSPS) is 11.5. The molecular formula is C10H12FNO. The Hall–Kier alpha value is -1.38. The second-order valence-electron chi connectivity index (χ2n) is 2.84. The van der Waals surface area contributed by atoms with E-state index in [1.54, 1.807) is 19.1 Å². The second-order valence-corrected chi connectivity index (χ2v) is 2.84. The Balaban J connectivity index is 3.13. The molecule has 0 aliphatic rings. The van der Waals surface area contributed by atoms with Crippen molar-refractivity contribution in [3.63, 3.8) is 0 Å². The molecule has 1 aromatic rings. The van der Waals surface area contributed by atoms with Crippen LogP contribution in [0.15, 0.2) is 23.4 Å². The van der Waals surface area contributed by atoms with E-state index in [4.69, 9.17) is 0 Å². The maximum atomic E-state index is 13.2. The third-order valence-electron chi connectivity index (χ3n) is 1.74. The van der Waals surface area contributed by atoms with Gasteiger partial charge in [0.25, 0.3) is 0 Å². The molecule has 0 amide bonds. The van der Waals surface area contributed by atoms with Crippen LogP contribution in [0.1, 0.15) is 18.1 Å². The first-order valence-electron chi connectivity index (χ1n) is 3.99. The fourth-order valence-electron chi connectivity index (χ4n) is 1.10. The second kappa shape index (κ2) is 4.03. The van der Waals surface area contributed by atoms with Crippen LogP contribution < -0.4 is 0 Å². The van der Waals surface area contributed by atoms with Gasteiger partial charge in [0.2, 0.25) is 0 Å². The third kappa shape index (κ3) is 2.28. The summed E-state index contributed by atoms with van der Waals surface area (Å²) in [6.07, 6.45) is 0. The molecular weight excluding hydrogens is 169 g/mol. The zero-order chi connectivity index (χ0) is 9.84. The minimum absolute atomic E-state index is 0.274. The van der Waals surface area contributed by atoms with Gasteiger partial charge in [-0.3, -0.25) is 0 Å². The van der Waals surface area contributed by atoms with Gasteiger partial charge >= 0.3 is 0 Å². The molecule has 13 heavy (non-hydrogen) atoms. The van der Waals surface area contributed by atoms with Crippen LogP contribution in [0.4, 0.5) is 4.39 Å². The van der Waals surface area contributed by atoms with Gasteiger partial charge in [0.15, 0.2) is 0 Å². The predicted molar refractivity (Wildman–Crippen MR) is 50.4 cm³/mol. The Bertz CT molecular complexity index is 334. The fourth-order valence-corrected chi connectivity index (χ4v) is 1.10. The molecule has 0 aliphatic carbocycles. The summed E-state index contributed by atoms with van der Waals surface area (Å²) < 4.78 is 13.2. The number of halogens is 1. The molecule has 0 spiro atoms. The maximum Gasteiger partial charge on any atom is 0.132 e. The highest BCUT2D eigenvalue weighted by molar-refractivity contribution is 5.98. The highest BCUT2D eigenvalue weighted by Crippen LogP contribution is 2.11. The maximum absolute atomic E-state index is 13.2. The summed E-state index contributed by atoms with van der Waals surface area (Å²) in [4.78, 5) is 4.57. The Morgan fingerprint density at radius 2 is 2.15 bits per heavy atom. The number of benzene rings is 1. The van der Waals surface area contributed by atoms with Crippen molar-refractivity contribution in [3.8, 4) is 0 Å². The van der Waals surface area contributed by atoms with E-state index in [0.29, 0.717) is 11.3 Å². The molecule has 0 aromatic heterocycles. The standard InChI is InChI=1S/C10H12FNO/c1-7-4-5-10(11)9(6-7)8(2)12-13-3/h4-6H,1-3H3/b12-8-. The van der Waals surface area contributed by atoms with E-state index in [1.807, 2.05) is 6.92 Å². The van der Waals surface area contributed by atoms with Crippen molar-refractivity contribution in [2.75, 3.05) is 7.11 Å². The van der Waals surface area contributed by atoms with Gasteiger partial charge < -0.3 is 4.84 Å². The van der Waals surface area contributed by atoms with E-state index in [0.717, 1.165) is 5.56 Å². The zero-order valence-electron chi connectivity index (χ0n) is 7.97. The highest BCUT2D eigenvalue weighted by atomic mass is 19.1. The summed E-state index contributed by atoms with van der Waals surface area (Å²) in [5.74, 6) is -0.274. The van der Waals surface area contributed by atoms with Crippen LogP contribution in [0, 0.1) is 12.7 Å². The lowest BCUT2D eigenvalue weighted by Crippen LogP contribution is -1.99. The number of aryl methyl sites for hydroxylation is 1. The lowest BCUT2D eigenvalue weighted by atomic mass is 10.1. The van der Waals surface area contributed by atoms with Crippen LogP contribution >= 0.6 is 0 Å². The van der Waals surface area contributed by atoms with E-state index in [-0.39, 0.29) is 5.82 Å². The molecule has 0 saturated heterocycles. The average Bonchev–Trinajstić information content (AvgIpc) is 2.09. The van der Waals surface area contributed by atoms with Crippen molar-refractivity contribution in [2.24, 2.45) is 5.16 Å². The van der Waals surface area contributed by atoms with Crippen molar-refractivity contribution >= 4 is 5.71 Å². The van der Waals surface area contributed by atoms with Gasteiger partial charge in [0, 0.05) is 5.56 Å². The molecule has 2 nitrogen and oxygen atoms in total. The molecule has 0 atom stereocenters. The van der Waals surface area contributed by atoms with Gasteiger partial charge in [-0.25, -0.2) is 4.39 Å². The van der Waals surface area contributed by atoms with Gasteiger partial charge in [-0.05, 0) is 26.0 Å². The average molecular weight is 181 g/mol. The van der Waals surface area contributed by atoms with Crippen LogP contribution in [0.3, 0.4) is 0 Å². The third-order valence-corrected chi connectivity index (χ3v) is 1.74. The number of nitrogens with zero attached hydrogens (tertiary/aromatic N) is 1. The van der Waals surface area contributed by atoms with E-state index >= 15 is 0 Å². The highest BCUT2D eigenvalue weighted by Gasteiger charge is 2.05. The molecule has 70 valence electrons. The first-order valence-corrected chi connectivity index (χ1v) is 3.99. The topological polar surface area (TPSA) is 21.6 Å². The van der Waals surface area contributed by atoms with Crippen LogP contribution in [0.25, 0.3) is 0 Å². The van der Waals surface area contributed by atoms with Gasteiger partial charge in [0.05, 0.1) is 5.71 Å². The quantitative estimate of drug-likeness (QED) is 0.507. The molecule has 0 unspecified atom stereocenters. The van der Waals surface area contributed by atoms with E-state index in [1.165, 1.54) is 13.2 Å². The van der Waals surface area contributed by atoms with E-state index in [9.17, 15) is 4.39 Å². The first-order chi connectivity index (χ1) is 6.15. The van der Waals surface area contributed by atoms with Crippen molar-refractivity contribution < 1.29 is 9.23 Å². The molecule has 1 aromatic carbocycles. The van der Waals surface area contributed by atoms with Gasteiger partial charge in [0.1, 0.15) is 12.9 Å². The Morgan fingerprint density at radius 1 is 1.46 bits per heavy atom. The van der Waals surface area contributed by atoms with Crippen molar-refractivity contribution in [2.45, 2.75) is 13.8 Å². The molecule has 0 N–H and O–H groups in total. The summed E-state index contributed by atoms with van der Waals surface area (Å²) in [6, 6.07) is 4.89. The van der Waals surface area contributed by atoms with Gasteiger partial charge in [-0.15, -0.1) is 0 Å². The molecule has 0 saturated carbocycles. The zero-order valence-corrected chi connectivity index (χ0v) is 7.97. The number of oxime groups is 1. The van der Waals surface area contributed by atoms with Crippen LogP contribution in [0.5, 0.6) is 0 Å². The summed E-state index contributed by atoms with van der Waals surface area (Å²) >= 11 is 0. The Morgan fingerprint density at radius 3 is 2.77 bits per heavy atom. The van der Waals surface area contributed by atoms with E-state index < -0.39 is 0 Å². The number of hydrogen-bond donors (Lipinski definition) is 0. The summed E-state index contributed by atoms with van der Waals surface area (Å²) in [5.41, 5.74) is 2.03. The largest absolute Gasteiger partial charge is 0.399 e. The first kappa shape index (κ1) is 9.71. The Labute approximate surface area is 77.0 Å². The number of rotatable bonds is 2. The monoisotopic (exact) mass is 181 g/mol. The van der Waals surface area contributed by atoms with E-state index in [2.05, 4.69) is 9.99 Å². The molecule has 0 aliphatic heterocycles. The summed E-state index contributed by atoms with van der Waals surface area (Å²) in [6.45, 7) is 3.62. The van der Waals surface area contributed by atoms with Gasteiger partial charge in [-0.1, -0.05) is 16.8 Å². The molecule has 0 fully saturated rings. The SMILES string of the molecule is CO/N=C(/C)c1cc(C)ccc1F. The lowest BCUT2D eigenvalue weighted by Gasteiger charge is -2.02. The van der Waals surface area contributed by atoms with Crippen LogP contribution in [0.2, 0.25) is 0 Å². The van der Waals surface area contributed by atoms with Crippen molar-refractivity contribution in [1.82, 2.24) is 0 Å². The summed E-state index contributed by atoms with van der Waals surface area (Å²) in [5, 5.41) is 3.67. The van der Waals surface area contributed by atoms with Crippen LogP contribution in [-0.4, -0.2) is 12.8 Å². The van der Waals surface area contributed by atoms with Crippen molar-refractivity contribution in [3.05, 3.63) is 35.1 Å².